The first-order valence-corrected chi connectivity index (χ1v) is 6.95. The Hall–Kier alpha value is -2.62. The lowest BCUT2D eigenvalue weighted by atomic mass is 10.1. The van der Waals surface area contributed by atoms with Gasteiger partial charge in [0.15, 0.2) is 0 Å². The van der Waals surface area contributed by atoms with Crippen LogP contribution in [-0.2, 0) is 12.8 Å². The molecule has 0 saturated heterocycles. The Morgan fingerprint density at radius 2 is 1.86 bits per heavy atom. The maximum absolute atomic E-state index is 11.2. The van der Waals surface area contributed by atoms with E-state index < -0.39 is 5.97 Å². The lowest BCUT2D eigenvalue weighted by Gasteiger charge is -2.00. The van der Waals surface area contributed by atoms with Crippen molar-refractivity contribution in [1.29, 1.82) is 0 Å². The van der Waals surface area contributed by atoms with Gasteiger partial charge in [-0.05, 0) is 29.7 Å². The summed E-state index contributed by atoms with van der Waals surface area (Å²) in [4.78, 5) is 15.7. The average Bonchev–Trinajstić information content (AvgIpc) is 2.89. The first kappa shape index (κ1) is 13.4. The van der Waals surface area contributed by atoms with Crippen LogP contribution in [0.2, 0.25) is 0 Å². The van der Waals surface area contributed by atoms with Crippen molar-refractivity contribution in [3.8, 4) is 0 Å². The Balaban J connectivity index is 1.93. The second-order valence-corrected chi connectivity index (χ2v) is 5.02. The van der Waals surface area contributed by atoms with Crippen molar-refractivity contribution in [2.75, 3.05) is 0 Å². The number of imidazole rings is 1. The van der Waals surface area contributed by atoms with Gasteiger partial charge in [0.25, 0.3) is 0 Å². The summed E-state index contributed by atoms with van der Waals surface area (Å²) < 4.78 is 1.62. The van der Waals surface area contributed by atoms with Gasteiger partial charge in [0.05, 0.1) is 5.69 Å². The standard InChI is InChI=1S/C17H16N2O2/c1-2-12-6-8-13(9-7-12)10-14-11-19-15(17(20)21)4-3-5-16(19)18-14/h3-9,11H,2,10H2,1H3,(H,20,21). The van der Waals surface area contributed by atoms with Crippen molar-refractivity contribution in [3.05, 3.63) is 71.2 Å². The summed E-state index contributed by atoms with van der Waals surface area (Å²) in [6.07, 6.45) is 3.52. The van der Waals surface area contributed by atoms with E-state index in [9.17, 15) is 9.90 Å². The fourth-order valence-corrected chi connectivity index (χ4v) is 2.42. The molecule has 3 aromatic rings. The zero-order valence-electron chi connectivity index (χ0n) is 11.8. The van der Waals surface area contributed by atoms with Crippen molar-refractivity contribution in [2.24, 2.45) is 0 Å². The molecule has 21 heavy (non-hydrogen) atoms. The Kier molecular flexibility index (Phi) is 3.44. The number of nitrogens with zero attached hydrogens (tertiary/aromatic N) is 2. The molecule has 0 unspecified atom stereocenters. The van der Waals surface area contributed by atoms with Gasteiger partial charge in [-0.2, -0.15) is 0 Å². The van der Waals surface area contributed by atoms with Gasteiger partial charge in [-0.3, -0.25) is 4.40 Å². The molecule has 0 aliphatic heterocycles. The van der Waals surface area contributed by atoms with Crippen LogP contribution >= 0.6 is 0 Å². The van der Waals surface area contributed by atoms with Crippen LogP contribution in [0.15, 0.2) is 48.7 Å². The molecular weight excluding hydrogens is 264 g/mol. The Bertz CT molecular complexity index is 788. The normalized spacial score (nSPS) is 10.9. The van der Waals surface area contributed by atoms with Gasteiger partial charge in [-0.1, -0.05) is 37.3 Å². The number of aromatic carboxylic acids is 1. The molecule has 0 fully saturated rings. The van der Waals surface area contributed by atoms with Crippen molar-refractivity contribution < 1.29 is 9.90 Å². The third-order valence-electron chi connectivity index (χ3n) is 3.58. The molecule has 0 aliphatic rings. The predicted molar refractivity (Wildman–Crippen MR) is 80.8 cm³/mol. The molecule has 0 radical (unpaired) electrons. The molecule has 0 saturated carbocycles. The van der Waals surface area contributed by atoms with E-state index in [1.807, 2.05) is 6.07 Å². The summed E-state index contributed by atoms with van der Waals surface area (Å²) in [6, 6.07) is 13.5. The number of pyridine rings is 1. The number of rotatable bonds is 4. The second-order valence-electron chi connectivity index (χ2n) is 5.02. The Labute approximate surface area is 122 Å². The molecule has 0 bridgehead atoms. The zero-order valence-corrected chi connectivity index (χ0v) is 11.8. The van der Waals surface area contributed by atoms with Crippen LogP contribution in [0.3, 0.4) is 0 Å². The number of aromatic nitrogens is 2. The molecule has 3 rings (SSSR count). The lowest BCUT2D eigenvalue weighted by molar-refractivity contribution is 0.0689. The van der Waals surface area contributed by atoms with Crippen molar-refractivity contribution in [1.82, 2.24) is 9.38 Å². The van der Waals surface area contributed by atoms with E-state index in [0.717, 1.165) is 12.1 Å². The number of hydrogen-bond acceptors (Lipinski definition) is 2. The van der Waals surface area contributed by atoms with Crippen molar-refractivity contribution in [2.45, 2.75) is 19.8 Å². The number of benzene rings is 1. The summed E-state index contributed by atoms with van der Waals surface area (Å²) in [5.41, 5.74) is 4.24. The largest absolute Gasteiger partial charge is 0.477 e. The van der Waals surface area contributed by atoms with Crippen LogP contribution in [-0.4, -0.2) is 20.5 Å². The molecule has 0 aliphatic carbocycles. The maximum atomic E-state index is 11.2. The van der Waals surface area contributed by atoms with Gasteiger partial charge in [0, 0.05) is 12.6 Å². The van der Waals surface area contributed by atoms with Gasteiger partial charge < -0.3 is 5.11 Å². The fraction of sp³-hybridized carbons (Fsp3) is 0.176. The molecular formula is C17H16N2O2. The first-order chi connectivity index (χ1) is 10.2. The second kappa shape index (κ2) is 5.40. The van der Waals surface area contributed by atoms with E-state index in [4.69, 9.17) is 0 Å². The number of carbonyl (C=O) groups is 1. The molecule has 0 amide bonds. The highest BCUT2D eigenvalue weighted by Crippen LogP contribution is 2.14. The van der Waals surface area contributed by atoms with E-state index in [1.165, 1.54) is 11.1 Å². The monoisotopic (exact) mass is 280 g/mol. The van der Waals surface area contributed by atoms with Gasteiger partial charge in [0.2, 0.25) is 0 Å². The molecule has 1 N–H and O–H groups in total. The van der Waals surface area contributed by atoms with Gasteiger partial charge in [0.1, 0.15) is 11.3 Å². The SMILES string of the molecule is CCc1ccc(Cc2cn3c(C(=O)O)cccc3n2)cc1. The van der Waals surface area contributed by atoms with E-state index in [-0.39, 0.29) is 5.69 Å². The smallest absolute Gasteiger partial charge is 0.352 e. The summed E-state index contributed by atoms with van der Waals surface area (Å²) >= 11 is 0. The summed E-state index contributed by atoms with van der Waals surface area (Å²) in [5, 5.41) is 9.19. The third kappa shape index (κ3) is 2.65. The topological polar surface area (TPSA) is 54.6 Å². The summed E-state index contributed by atoms with van der Waals surface area (Å²) in [6.45, 7) is 2.13. The first-order valence-electron chi connectivity index (χ1n) is 6.95. The van der Waals surface area contributed by atoms with Gasteiger partial charge in [-0.25, -0.2) is 9.78 Å². The highest BCUT2D eigenvalue weighted by atomic mass is 16.4. The molecule has 0 spiro atoms. The lowest BCUT2D eigenvalue weighted by Crippen LogP contribution is -2.03. The Morgan fingerprint density at radius 1 is 1.14 bits per heavy atom. The summed E-state index contributed by atoms with van der Waals surface area (Å²) in [5.74, 6) is -0.947. The number of hydrogen-bond donors (Lipinski definition) is 1. The van der Waals surface area contributed by atoms with Gasteiger partial charge >= 0.3 is 5.97 Å². The van der Waals surface area contributed by atoms with E-state index in [2.05, 4.69) is 36.2 Å². The molecule has 2 heterocycles. The number of aryl methyl sites for hydroxylation is 1. The highest BCUT2D eigenvalue weighted by molar-refractivity contribution is 5.86. The minimum Gasteiger partial charge on any atom is -0.477 e. The number of carboxylic acids is 1. The van der Waals surface area contributed by atoms with Crippen LogP contribution in [0.25, 0.3) is 5.65 Å². The molecule has 4 heteroatoms. The minimum atomic E-state index is -0.947. The quantitative estimate of drug-likeness (QED) is 0.798. The van der Waals surface area contributed by atoms with E-state index >= 15 is 0 Å². The summed E-state index contributed by atoms with van der Waals surface area (Å²) in [7, 11) is 0. The predicted octanol–water partition coefficient (Wildman–Crippen LogP) is 3.19. The molecule has 106 valence electrons. The van der Waals surface area contributed by atoms with Crippen LogP contribution in [0.4, 0.5) is 0 Å². The van der Waals surface area contributed by atoms with E-state index in [1.54, 1.807) is 22.7 Å². The number of fused-ring (bicyclic) bond motifs is 1. The van der Waals surface area contributed by atoms with Crippen molar-refractivity contribution >= 4 is 11.6 Å². The third-order valence-corrected chi connectivity index (χ3v) is 3.58. The highest BCUT2D eigenvalue weighted by Gasteiger charge is 2.10. The number of carboxylic acid groups (broad SMARTS) is 1. The molecule has 1 aromatic carbocycles. The zero-order chi connectivity index (χ0) is 14.8. The average molecular weight is 280 g/mol. The van der Waals surface area contributed by atoms with Crippen LogP contribution in [0.1, 0.15) is 34.2 Å². The fourth-order valence-electron chi connectivity index (χ4n) is 2.42. The van der Waals surface area contributed by atoms with Crippen LogP contribution in [0.5, 0.6) is 0 Å². The Morgan fingerprint density at radius 3 is 2.52 bits per heavy atom. The van der Waals surface area contributed by atoms with Crippen LogP contribution < -0.4 is 0 Å². The van der Waals surface area contributed by atoms with E-state index in [0.29, 0.717) is 12.1 Å². The molecule has 0 atom stereocenters. The molecule has 4 nitrogen and oxygen atoms in total. The van der Waals surface area contributed by atoms with Crippen molar-refractivity contribution in [3.63, 3.8) is 0 Å². The maximum Gasteiger partial charge on any atom is 0.352 e. The minimum absolute atomic E-state index is 0.229. The molecule has 2 aromatic heterocycles. The van der Waals surface area contributed by atoms with Crippen LogP contribution in [0, 0.1) is 0 Å². The van der Waals surface area contributed by atoms with Gasteiger partial charge in [-0.15, -0.1) is 0 Å².